The van der Waals surface area contributed by atoms with Crippen LogP contribution in [0.1, 0.15) is 50.2 Å². The van der Waals surface area contributed by atoms with Crippen molar-refractivity contribution in [1.82, 2.24) is 15.5 Å². The van der Waals surface area contributed by atoms with Gasteiger partial charge in [0, 0.05) is 43.7 Å². The molecular formula is C25H38N4O3. The monoisotopic (exact) mass is 442 g/mol. The van der Waals surface area contributed by atoms with Gasteiger partial charge in [-0.25, -0.2) is 0 Å². The number of anilines is 1. The number of aryl methyl sites for hydroxylation is 1. The van der Waals surface area contributed by atoms with Crippen LogP contribution in [0.25, 0.3) is 0 Å². The van der Waals surface area contributed by atoms with Crippen molar-refractivity contribution in [3.63, 3.8) is 0 Å². The van der Waals surface area contributed by atoms with Gasteiger partial charge in [-0.3, -0.25) is 9.59 Å². The van der Waals surface area contributed by atoms with Crippen LogP contribution < -0.4 is 16.0 Å². The first-order chi connectivity index (χ1) is 15.5. The lowest BCUT2D eigenvalue weighted by Crippen LogP contribution is -2.57. The van der Waals surface area contributed by atoms with E-state index in [9.17, 15) is 9.59 Å². The Kier molecular flexibility index (Phi) is 7.68. The van der Waals surface area contributed by atoms with Crippen LogP contribution in [0.5, 0.6) is 0 Å². The first kappa shape index (κ1) is 23.1. The van der Waals surface area contributed by atoms with Crippen LogP contribution in [-0.4, -0.2) is 67.7 Å². The van der Waals surface area contributed by atoms with Crippen molar-refractivity contribution in [3.8, 4) is 0 Å². The van der Waals surface area contributed by atoms with Gasteiger partial charge in [-0.05, 0) is 56.2 Å². The lowest BCUT2D eigenvalue weighted by molar-refractivity contribution is -0.135. The molecule has 4 rings (SSSR count). The Balaban J connectivity index is 1.35. The van der Waals surface area contributed by atoms with E-state index in [4.69, 9.17) is 4.74 Å². The second-order valence-electron chi connectivity index (χ2n) is 9.61. The van der Waals surface area contributed by atoms with Crippen molar-refractivity contribution in [2.24, 2.45) is 5.92 Å². The zero-order valence-corrected chi connectivity index (χ0v) is 19.5. The first-order valence-electron chi connectivity index (χ1n) is 12.3. The first-order valence-corrected chi connectivity index (χ1v) is 12.3. The molecule has 3 aliphatic rings. The van der Waals surface area contributed by atoms with Crippen molar-refractivity contribution in [2.45, 2.75) is 70.5 Å². The van der Waals surface area contributed by atoms with E-state index in [1.165, 1.54) is 24.0 Å². The Morgan fingerprint density at radius 1 is 1.28 bits per heavy atom. The molecule has 3 aliphatic heterocycles. The summed E-state index contributed by atoms with van der Waals surface area (Å²) in [6, 6.07) is 6.27. The van der Waals surface area contributed by atoms with E-state index in [1.807, 2.05) is 4.90 Å². The van der Waals surface area contributed by atoms with Crippen LogP contribution in [0.4, 0.5) is 5.69 Å². The minimum atomic E-state index is -0.234. The number of piperidine rings is 1. The number of para-hydroxylation sites is 1. The van der Waals surface area contributed by atoms with E-state index >= 15 is 0 Å². The summed E-state index contributed by atoms with van der Waals surface area (Å²) in [7, 11) is 0. The Labute approximate surface area is 191 Å². The smallest absolute Gasteiger partial charge is 0.243 e. The zero-order valence-electron chi connectivity index (χ0n) is 19.5. The summed E-state index contributed by atoms with van der Waals surface area (Å²) < 4.78 is 5.35. The molecule has 7 nitrogen and oxygen atoms in total. The summed E-state index contributed by atoms with van der Waals surface area (Å²) in [4.78, 5) is 27.7. The Morgan fingerprint density at radius 3 is 2.84 bits per heavy atom. The fourth-order valence-corrected chi connectivity index (χ4v) is 5.39. The van der Waals surface area contributed by atoms with Crippen molar-refractivity contribution >= 4 is 17.5 Å². The minimum absolute atomic E-state index is 0.0295. The highest BCUT2D eigenvalue weighted by Gasteiger charge is 2.34. The number of amides is 2. The average Bonchev–Trinajstić information content (AvgIpc) is 3.25. The summed E-state index contributed by atoms with van der Waals surface area (Å²) in [5.41, 5.74) is 3.49. The van der Waals surface area contributed by atoms with Gasteiger partial charge in [-0.1, -0.05) is 25.1 Å². The van der Waals surface area contributed by atoms with E-state index < -0.39 is 0 Å². The van der Waals surface area contributed by atoms with Gasteiger partial charge >= 0.3 is 0 Å². The summed E-state index contributed by atoms with van der Waals surface area (Å²) in [6.07, 6.45) is 5.18. The molecule has 0 aromatic heterocycles. The van der Waals surface area contributed by atoms with Gasteiger partial charge in [0.25, 0.3) is 0 Å². The van der Waals surface area contributed by atoms with Crippen molar-refractivity contribution in [3.05, 3.63) is 29.3 Å². The number of fused-ring (bicyclic) bond motifs is 1. The third-order valence-corrected chi connectivity index (χ3v) is 7.28. The third-order valence-electron chi connectivity index (χ3n) is 7.28. The molecule has 4 atom stereocenters. The minimum Gasteiger partial charge on any atom is -0.378 e. The highest BCUT2D eigenvalue weighted by molar-refractivity contribution is 5.88. The van der Waals surface area contributed by atoms with Crippen molar-refractivity contribution in [1.29, 1.82) is 0 Å². The zero-order chi connectivity index (χ0) is 22.5. The molecule has 1 aromatic carbocycles. The Morgan fingerprint density at radius 2 is 2.09 bits per heavy atom. The second kappa shape index (κ2) is 10.7. The number of hydrogen-bond donors (Lipinski definition) is 3. The van der Waals surface area contributed by atoms with Crippen LogP contribution in [0.2, 0.25) is 0 Å². The van der Waals surface area contributed by atoms with E-state index in [-0.39, 0.29) is 29.9 Å². The molecule has 2 fully saturated rings. The number of ether oxygens (including phenoxy) is 1. The lowest BCUT2D eigenvalue weighted by Gasteiger charge is -2.37. The van der Waals surface area contributed by atoms with Crippen molar-refractivity contribution < 1.29 is 14.3 Å². The topological polar surface area (TPSA) is 82.7 Å². The second-order valence-corrected chi connectivity index (χ2v) is 9.61. The lowest BCUT2D eigenvalue weighted by atomic mass is 9.85. The molecule has 0 aliphatic carbocycles. The third kappa shape index (κ3) is 5.44. The Bertz CT molecular complexity index is 808. The highest BCUT2D eigenvalue weighted by atomic mass is 16.5. The molecule has 0 radical (unpaired) electrons. The van der Waals surface area contributed by atoms with Crippen LogP contribution >= 0.6 is 0 Å². The number of benzene rings is 1. The normalized spacial score (nSPS) is 26.2. The molecule has 176 valence electrons. The summed E-state index contributed by atoms with van der Waals surface area (Å²) in [5, 5.41) is 10.4. The standard InChI is InChI=1S/C25H38N4O3/c1-17-6-3-8-19-16-21(27-23(17)19)25(31)28-20(24-18(2)7-5-11-26-24)9-4-10-22(30)29-12-14-32-15-13-29/h3,6,8,18,20-21,24,26-27H,4-5,7,9-16H2,1-2H3,(H,28,31). The molecule has 0 bridgehead atoms. The Hall–Kier alpha value is -2.12. The predicted octanol–water partition coefficient (Wildman–Crippen LogP) is 2.23. The number of carbonyl (C=O) groups is 2. The van der Waals surface area contributed by atoms with Crippen LogP contribution in [0.15, 0.2) is 18.2 Å². The van der Waals surface area contributed by atoms with Crippen LogP contribution in [0.3, 0.4) is 0 Å². The average molecular weight is 443 g/mol. The number of carbonyl (C=O) groups excluding carboxylic acids is 2. The molecule has 7 heteroatoms. The van der Waals surface area contributed by atoms with E-state index in [0.717, 1.165) is 31.5 Å². The van der Waals surface area contributed by atoms with Gasteiger partial charge in [0.15, 0.2) is 0 Å². The maximum absolute atomic E-state index is 13.2. The summed E-state index contributed by atoms with van der Waals surface area (Å²) >= 11 is 0. The molecule has 3 heterocycles. The molecule has 2 amide bonds. The van der Waals surface area contributed by atoms with E-state index in [2.05, 4.69) is 48.0 Å². The number of morpholine rings is 1. The molecule has 2 saturated heterocycles. The fraction of sp³-hybridized carbons (Fsp3) is 0.680. The number of nitrogens with one attached hydrogen (secondary N) is 3. The molecule has 32 heavy (non-hydrogen) atoms. The van der Waals surface area contributed by atoms with Crippen LogP contribution in [0, 0.1) is 12.8 Å². The maximum atomic E-state index is 13.2. The maximum Gasteiger partial charge on any atom is 0.243 e. The van der Waals surface area contributed by atoms with Crippen molar-refractivity contribution in [2.75, 3.05) is 38.2 Å². The molecule has 4 unspecified atom stereocenters. The summed E-state index contributed by atoms with van der Waals surface area (Å²) in [5.74, 6) is 0.760. The van der Waals surface area contributed by atoms with Gasteiger partial charge in [-0.15, -0.1) is 0 Å². The van der Waals surface area contributed by atoms with Gasteiger partial charge in [0.1, 0.15) is 6.04 Å². The molecule has 3 N–H and O–H groups in total. The summed E-state index contributed by atoms with van der Waals surface area (Å²) in [6.45, 7) is 7.96. The SMILES string of the molecule is Cc1cccc2c1NC(C(=O)NC(CCCC(=O)N1CCOCC1)C1NCCCC1C)C2. The van der Waals surface area contributed by atoms with E-state index in [1.54, 1.807) is 0 Å². The van der Waals surface area contributed by atoms with Gasteiger partial charge in [0.05, 0.1) is 13.2 Å². The quantitative estimate of drug-likeness (QED) is 0.603. The van der Waals surface area contributed by atoms with Gasteiger partial charge in [0.2, 0.25) is 11.8 Å². The predicted molar refractivity (Wildman–Crippen MR) is 126 cm³/mol. The van der Waals surface area contributed by atoms with E-state index in [0.29, 0.717) is 38.6 Å². The fourth-order valence-electron chi connectivity index (χ4n) is 5.39. The molecular weight excluding hydrogens is 404 g/mol. The molecule has 0 saturated carbocycles. The number of rotatable bonds is 7. The number of nitrogens with zero attached hydrogens (tertiary/aromatic N) is 1. The van der Waals surface area contributed by atoms with Gasteiger partial charge < -0.3 is 25.6 Å². The molecule has 1 aromatic rings. The largest absolute Gasteiger partial charge is 0.378 e. The van der Waals surface area contributed by atoms with Crippen LogP contribution in [-0.2, 0) is 20.7 Å². The number of hydrogen-bond acceptors (Lipinski definition) is 5. The molecule has 0 spiro atoms. The highest BCUT2D eigenvalue weighted by Crippen LogP contribution is 2.29. The van der Waals surface area contributed by atoms with Gasteiger partial charge in [-0.2, -0.15) is 0 Å².